The van der Waals surface area contributed by atoms with E-state index in [0.717, 1.165) is 11.9 Å². The number of benzene rings is 1. The van der Waals surface area contributed by atoms with Gasteiger partial charge in [0.05, 0.1) is 16.6 Å². The van der Waals surface area contributed by atoms with Gasteiger partial charge in [-0.3, -0.25) is 4.79 Å². The van der Waals surface area contributed by atoms with E-state index in [1.165, 1.54) is 16.7 Å². The van der Waals surface area contributed by atoms with Gasteiger partial charge in [-0.15, -0.1) is 0 Å². The van der Waals surface area contributed by atoms with E-state index in [0.29, 0.717) is 17.3 Å². The van der Waals surface area contributed by atoms with Crippen molar-refractivity contribution >= 4 is 23.0 Å². The van der Waals surface area contributed by atoms with Crippen LogP contribution in [0.15, 0.2) is 42.6 Å². The molecule has 1 aromatic carbocycles. The molecule has 0 saturated carbocycles. The van der Waals surface area contributed by atoms with Crippen molar-refractivity contribution in [3.05, 3.63) is 70.0 Å². The maximum Gasteiger partial charge on any atom is 0.274 e. The fourth-order valence-electron chi connectivity index (χ4n) is 3.42. The average molecular weight is 340 g/mol. The summed E-state index contributed by atoms with van der Waals surface area (Å²) < 4.78 is 1.66. The lowest BCUT2D eigenvalue weighted by atomic mass is 9.92. The molecular formula is C19H18ClN3O. The molecule has 4 rings (SSSR count). The molecule has 0 fully saturated rings. The topological polar surface area (TPSA) is 37.6 Å². The predicted octanol–water partition coefficient (Wildman–Crippen LogP) is 4.06. The third-order valence-corrected chi connectivity index (χ3v) is 4.97. The lowest BCUT2D eigenvalue weighted by molar-refractivity contribution is 0.0671. The molecule has 0 bridgehead atoms. The van der Waals surface area contributed by atoms with Crippen molar-refractivity contribution in [2.24, 2.45) is 0 Å². The van der Waals surface area contributed by atoms with Crippen molar-refractivity contribution in [3.8, 4) is 0 Å². The summed E-state index contributed by atoms with van der Waals surface area (Å²) >= 11 is 5.99. The van der Waals surface area contributed by atoms with Crippen LogP contribution in [0.4, 0.5) is 0 Å². The molecule has 0 radical (unpaired) electrons. The van der Waals surface area contributed by atoms with Crippen LogP contribution in [0.1, 0.15) is 40.1 Å². The molecule has 0 N–H and O–H groups in total. The number of rotatable bonds is 1. The highest BCUT2D eigenvalue weighted by molar-refractivity contribution is 6.30. The molecule has 0 spiro atoms. The number of hydrogen-bond acceptors (Lipinski definition) is 2. The summed E-state index contributed by atoms with van der Waals surface area (Å²) in [5, 5.41) is 5.00. The third kappa shape index (κ3) is 2.47. The minimum absolute atomic E-state index is 0.0329. The van der Waals surface area contributed by atoms with Gasteiger partial charge in [0.2, 0.25) is 0 Å². The van der Waals surface area contributed by atoms with Crippen LogP contribution in [-0.2, 0) is 6.42 Å². The molecule has 1 aliphatic rings. The Labute approximate surface area is 145 Å². The third-order valence-electron chi connectivity index (χ3n) is 4.74. The van der Waals surface area contributed by atoms with Crippen molar-refractivity contribution in [2.75, 3.05) is 6.54 Å². The zero-order valence-electron chi connectivity index (χ0n) is 13.7. The zero-order chi connectivity index (χ0) is 16.8. The number of nitrogens with zero attached hydrogens (tertiary/aromatic N) is 3. The Balaban J connectivity index is 1.68. The Kier molecular flexibility index (Phi) is 3.57. The maximum absolute atomic E-state index is 13.0. The van der Waals surface area contributed by atoms with E-state index in [2.05, 4.69) is 37.1 Å². The summed E-state index contributed by atoms with van der Waals surface area (Å²) in [6.45, 7) is 4.88. The second-order valence-corrected chi connectivity index (χ2v) is 6.81. The van der Waals surface area contributed by atoms with Crippen LogP contribution in [0.3, 0.4) is 0 Å². The molecular weight excluding hydrogens is 322 g/mol. The largest absolute Gasteiger partial charge is 0.330 e. The minimum Gasteiger partial charge on any atom is -0.330 e. The quantitative estimate of drug-likeness (QED) is 0.670. The Morgan fingerprint density at radius 3 is 2.92 bits per heavy atom. The van der Waals surface area contributed by atoms with Gasteiger partial charge >= 0.3 is 0 Å². The lowest BCUT2D eigenvalue weighted by Gasteiger charge is -2.35. The lowest BCUT2D eigenvalue weighted by Crippen LogP contribution is -2.39. The second-order valence-electron chi connectivity index (χ2n) is 6.37. The maximum atomic E-state index is 13.0. The van der Waals surface area contributed by atoms with Crippen molar-refractivity contribution in [1.82, 2.24) is 14.5 Å². The fourth-order valence-corrected chi connectivity index (χ4v) is 3.58. The van der Waals surface area contributed by atoms with E-state index < -0.39 is 0 Å². The molecule has 0 aliphatic carbocycles. The first kappa shape index (κ1) is 15.2. The van der Waals surface area contributed by atoms with Gasteiger partial charge in [-0.05, 0) is 49.6 Å². The van der Waals surface area contributed by atoms with Crippen molar-refractivity contribution in [2.45, 2.75) is 26.3 Å². The van der Waals surface area contributed by atoms with E-state index in [4.69, 9.17) is 11.6 Å². The number of carbonyl (C=O) groups is 1. The molecule has 24 heavy (non-hydrogen) atoms. The summed E-state index contributed by atoms with van der Waals surface area (Å²) in [5.74, 6) is -0.0329. The van der Waals surface area contributed by atoms with Gasteiger partial charge in [-0.1, -0.05) is 35.4 Å². The van der Waals surface area contributed by atoms with Crippen LogP contribution in [0.5, 0.6) is 0 Å². The number of pyridine rings is 1. The van der Waals surface area contributed by atoms with E-state index in [-0.39, 0.29) is 11.9 Å². The average Bonchev–Trinajstić information content (AvgIpc) is 2.98. The molecule has 1 atom stereocenters. The van der Waals surface area contributed by atoms with Crippen LogP contribution in [0.25, 0.3) is 5.52 Å². The van der Waals surface area contributed by atoms with E-state index in [9.17, 15) is 4.79 Å². The molecule has 0 saturated heterocycles. The Morgan fingerprint density at radius 1 is 1.25 bits per heavy atom. The van der Waals surface area contributed by atoms with Crippen LogP contribution < -0.4 is 0 Å². The standard InChI is InChI=1S/C19H18ClN3O/c1-12-3-4-14-7-8-22(13(2)17(14)9-12)19(24)18-10-16-6-5-15(20)11-23(16)21-18/h3-6,9-11,13H,7-8H2,1-2H3. The predicted molar refractivity (Wildman–Crippen MR) is 94.5 cm³/mol. The smallest absolute Gasteiger partial charge is 0.274 e. The molecule has 122 valence electrons. The summed E-state index contributed by atoms with van der Waals surface area (Å²) in [7, 11) is 0. The minimum atomic E-state index is -0.0329. The van der Waals surface area contributed by atoms with Crippen molar-refractivity contribution < 1.29 is 4.79 Å². The SMILES string of the molecule is Cc1ccc2c(c1)C(C)N(C(=O)c1cc3ccc(Cl)cn3n1)CC2. The number of hydrogen-bond donors (Lipinski definition) is 0. The van der Waals surface area contributed by atoms with Crippen LogP contribution >= 0.6 is 11.6 Å². The van der Waals surface area contributed by atoms with E-state index in [1.807, 2.05) is 17.0 Å². The first-order chi connectivity index (χ1) is 11.5. The number of carbonyl (C=O) groups excluding carboxylic acids is 1. The molecule has 3 aromatic rings. The number of aromatic nitrogens is 2. The van der Waals surface area contributed by atoms with Gasteiger partial charge < -0.3 is 4.90 Å². The Bertz CT molecular complexity index is 947. The number of amides is 1. The van der Waals surface area contributed by atoms with E-state index in [1.54, 1.807) is 16.8 Å². The number of fused-ring (bicyclic) bond motifs is 2. The summed E-state index contributed by atoms with van der Waals surface area (Å²) in [6, 6.07) is 12.0. The van der Waals surface area contributed by atoms with Gasteiger partial charge in [0.25, 0.3) is 5.91 Å². The van der Waals surface area contributed by atoms with Crippen molar-refractivity contribution in [3.63, 3.8) is 0 Å². The molecule has 4 nitrogen and oxygen atoms in total. The fraction of sp³-hybridized carbons (Fsp3) is 0.263. The molecule has 1 amide bonds. The number of aryl methyl sites for hydroxylation is 1. The first-order valence-corrected chi connectivity index (χ1v) is 8.46. The monoisotopic (exact) mass is 339 g/mol. The molecule has 1 unspecified atom stereocenters. The van der Waals surface area contributed by atoms with E-state index >= 15 is 0 Å². The normalized spacial score (nSPS) is 17.1. The van der Waals surface area contributed by atoms with Gasteiger partial charge in [-0.25, -0.2) is 4.52 Å². The second kappa shape index (κ2) is 5.64. The van der Waals surface area contributed by atoms with Crippen LogP contribution in [0, 0.1) is 6.92 Å². The Morgan fingerprint density at radius 2 is 2.08 bits per heavy atom. The van der Waals surface area contributed by atoms with Gasteiger partial charge in [0.15, 0.2) is 5.69 Å². The van der Waals surface area contributed by atoms with Gasteiger partial charge in [0, 0.05) is 12.7 Å². The molecule has 5 heteroatoms. The summed E-state index contributed by atoms with van der Waals surface area (Å²) in [5.41, 5.74) is 5.11. The molecule has 3 heterocycles. The van der Waals surface area contributed by atoms with Gasteiger partial charge in [-0.2, -0.15) is 5.10 Å². The summed E-state index contributed by atoms with van der Waals surface area (Å²) in [6.07, 6.45) is 2.59. The zero-order valence-corrected chi connectivity index (χ0v) is 14.4. The van der Waals surface area contributed by atoms with Gasteiger partial charge in [0.1, 0.15) is 0 Å². The van der Waals surface area contributed by atoms with Crippen molar-refractivity contribution in [1.29, 1.82) is 0 Å². The highest BCUT2D eigenvalue weighted by Gasteiger charge is 2.29. The Hall–Kier alpha value is -2.33. The van der Waals surface area contributed by atoms with Crippen LogP contribution in [-0.4, -0.2) is 27.0 Å². The highest BCUT2D eigenvalue weighted by atomic mass is 35.5. The summed E-state index contributed by atoms with van der Waals surface area (Å²) in [4.78, 5) is 14.9. The van der Waals surface area contributed by atoms with Crippen LogP contribution in [0.2, 0.25) is 5.02 Å². The first-order valence-electron chi connectivity index (χ1n) is 8.08. The molecule has 2 aromatic heterocycles. The highest BCUT2D eigenvalue weighted by Crippen LogP contribution is 2.31. The molecule has 1 aliphatic heterocycles. The number of halogens is 1.